The highest BCUT2D eigenvalue weighted by Gasteiger charge is 2.45. The second-order valence-corrected chi connectivity index (χ2v) is 5.37. The maximum Gasteiger partial charge on any atom is 0.126 e. The second kappa shape index (κ2) is 4.87. The molecule has 1 aliphatic rings. The first-order valence-electron chi connectivity index (χ1n) is 6.08. The number of hydrogen-bond donors (Lipinski definition) is 1. The average molecular weight is 267 g/mol. The predicted molar refractivity (Wildman–Crippen MR) is 69.8 cm³/mol. The quantitative estimate of drug-likeness (QED) is 0.905. The lowest BCUT2D eigenvalue weighted by Gasteiger charge is -2.42. The number of hydrogen-bond acceptors (Lipinski definition) is 2. The van der Waals surface area contributed by atoms with Gasteiger partial charge >= 0.3 is 0 Å². The van der Waals surface area contributed by atoms with Crippen LogP contribution in [0.3, 0.4) is 0 Å². The molecule has 0 aliphatic heterocycles. The molecular formula is C14H16ClFN2. The summed E-state index contributed by atoms with van der Waals surface area (Å²) in [5, 5.41) is 13.0. The van der Waals surface area contributed by atoms with Crippen molar-refractivity contribution in [3.05, 3.63) is 34.1 Å². The Morgan fingerprint density at radius 3 is 2.61 bits per heavy atom. The van der Waals surface area contributed by atoms with E-state index >= 15 is 0 Å². The zero-order valence-corrected chi connectivity index (χ0v) is 11.3. The molecule has 2 nitrogen and oxygen atoms in total. The Morgan fingerprint density at radius 1 is 1.50 bits per heavy atom. The zero-order valence-electron chi connectivity index (χ0n) is 10.6. The third kappa shape index (κ3) is 2.00. The summed E-state index contributed by atoms with van der Waals surface area (Å²) in [7, 11) is 1.79. The van der Waals surface area contributed by atoms with Crippen LogP contribution < -0.4 is 5.32 Å². The van der Waals surface area contributed by atoms with Gasteiger partial charge in [0.25, 0.3) is 0 Å². The summed E-state index contributed by atoms with van der Waals surface area (Å²) in [4.78, 5) is 0. The molecule has 0 aromatic heterocycles. The molecule has 96 valence electrons. The van der Waals surface area contributed by atoms with Crippen molar-refractivity contribution in [1.29, 1.82) is 5.26 Å². The van der Waals surface area contributed by atoms with Crippen LogP contribution in [0.15, 0.2) is 12.1 Å². The molecule has 0 heterocycles. The summed E-state index contributed by atoms with van der Waals surface area (Å²) >= 11 is 6.20. The summed E-state index contributed by atoms with van der Waals surface area (Å²) in [6.07, 6.45) is 2.71. The third-order valence-corrected chi connectivity index (χ3v) is 4.23. The van der Waals surface area contributed by atoms with Gasteiger partial charge < -0.3 is 5.32 Å². The fourth-order valence-corrected chi connectivity index (χ4v) is 2.96. The Morgan fingerprint density at radius 2 is 2.17 bits per heavy atom. The van der Waals surface area contributed by atoms with Gasteiger partial charge in [-0.05, 0) is 50.1 Å². The minimum atomic E-state index is -0.444. The SMILES string of the molecule is CNC(c1cc(F)c(C)cc1Cl)C1(C#N)CCC1. The monoisotopic (exact) mass is 266 g/mol. The Balaban J connectivity index is 2.46. The van der Waals surface area contributed by atoms with Crippen LogP contribution in [0, 0.1) is 29.5 Å². The highest BCUT2D eigenvalue weighted by atomic mass is 35.5. The van der Waals surface area contributed by atoms with Gasteiger partial charge in [0, 0.05) is 5.02 Å². The van der Waals surface area contributed by atoms with Crippen molar-refractivity contribution in [2.45, 2.75) is 32.2 Å². The largest absolute Gasteiger partial charge is 0.312 e. The molecule has 1 unspecified atom stereocenters. The Labute approximate surface area is 112 Å². The first-order valence-corrected chi connectivity index (χ1v) is 6.46. The molecule has 0 amide bonds. The van der Waals surface area contributed by atoms with Crippen LogP contribution in [0.1, 0.15) is 36.4 Å². The smallest absolute Gasteiger partial charge is 0.126 e. The van der Waals surface area contributed by atoms with Crippen molar-refractivity contribution in [2.75, 3.05) is 7.05 Å². The van der Waals surface area contributed by atoms with Crippen LogP contribution in [-0.4, -0.2) is 7.05 Å². The minimum Gasteiger partial charge on any atom is -0.312 e. The summed E-state index contributed by atoms with van der Waals surface area (Å²) < 4.78 is 13.7. The average Bonchev–Trinajstić information content (AvgIpc) is 2.29. The van der Waals surface area contributed by atoms with Crippen LogP contribution in [-0.2, 0) is 0 Å². The van der Waals surface area contributed by atoms with Gasteiger partial charge in [0.1, 0.15) is 5.82 Å². The van der Waals surface area contributed by atoms with Gasteiger partial charge in [0.15, 0.2) is 0 Å². The fourth-order valence-electron chi connectivity index (χ4n) is 2.64. The van der Waals surface area contributed by atoms with E-state index in [2.05, 4.69) is 11.4 Å². The van der Waals surface area contributed by atoms with E-state index < -0.39 is 5.41 Å². The van der Waals surface area contributed by atoms with Crippen molar-refractivity contribution in [2.24, 2.45) is 5.41 Å². The molecule has 18 heavy (non-hydrogen) atoms. The number of halogens is 2. The second-order valence-electron chi connectivity index (χ2n) is 4.97. The molecule has 0 bridgehead atoms. The van der Waals surface area contributed by atoms with Crippen LogP contribution in [0.5, 0.6) is 0 Å². The molecule has 1 fully saturated rings. The highest BCUT2D eigenvalue weighted by Crippen LogP contribution is 2.50. The fraction of sp³-hybridized carbons (Fsp3) is 0.500. The molecule has 1 atom stereocenters. The number of nitrogens with zero attached hydrogens (tertiary/aromatic N) is 1. The minimum absolute atomic E-state index is 0.209. The lowest BCUT2D eigenvalue weighted by Crippen LogP contribution is -2.41. The van der Waals surface area contributed by atoms with Crippen molar-refractivity contribution in [3.63, 3.8) is 0 Å². The zero-order chi connectivity index (χ0) is 13.3. The van der Waals surface area contributed by atoms with Gasteiger partial charge in [-0.25, -0.2) is 4.39 Å². The normalized spacial score (nSPS) is 18.8. The predicted octanol–water partition coefficient (Wildman–Crippen LogP) is 3.74. The van der Waals surface area contributed by atoms with E-state index in [4.69, 9.17) is 11.6 Å². The molecule has 0 saturated heterocycles. The molecule has 1 aromatic carbocycles. The molecule has 1 N–H and O–H groups in total. The van der Waals surface area contributed by atoms with E-state index in [0.717, 1.165) is 19.3 Å². The number of nitrogens with one attached hydrogen (secondary N) is 1. The first kappa shape index (κ1) is 13.3. The van der Waals surface area contributed by atoms with Gasteiger partial charge in [-0.3, -0.25) is 0 Å². The van der Waals surface area contributed by atoms with Gasteiger partial charge in [-0.15, -0.1) is 0 Å². The molecular weight excluding hydrogens is 251 g/mol. The molecule has 1 saturated carbocycles. The van der Waals surface area contributed by atoms with E-state index in [9.17, 15) is 9.65 Å². The van der Waals surface area contributed by atoms with Gasteiger partial charge in [-0.2, -0.15) is 5.26 Å². The molecule has 0 spiro atoms. The molecule has 1 aliphatic carbocycles. The van der Waals surface area contributed by atoms with Crippen LogP contribution >= 0.6 is 11.6 Å². The topological polar surface area (TPSA) is 35.8 Å². The Hall–Kier alpha value is -1.11. The van der Waals surface area contributed by atoms with Crippen LogP contribution in [0.2, 0.25) is 5.02 Å². The molecule has 2 rings (SSSR count). The highest BCUT2D eigenvalue weighted by molar-refractivity contribution is 6.31. The van der Waals surface area contributed by atoms with Gasteiger partial charge in [0.2, 0.25) is 0 Å². The summed E-state index contributed by atoms with van der Waals surface area (Å²) in [5.74, 6) is -0.276. The van der Waals surface area contributed by atoms with Gasteiger partial charge in [-0.1, -0.05) is 18.0 Å². The molecule has 1 aromatic rings. The maximum absolute atomic E-state index is 13.7. The molecule has 0 radical (unpaired) electrons. The summed E-state index contributed by atoms with van der Waals surface area (Å²) in [6, 6.07) is 5.25. The van der Waals surface area contributed by atoms with Crippen LogP contribution in [0.25, 0.3) is 0 Å². The number of nitriles is 1. The summed E-state index contributed by atoms with van der Waals surface area (Å²) in [5.41, 5.74) is 0.766. The van der Waals surface area contributed by atoms with Crippen molar-refractivity contribution in [3.8, 4) is 6.07 Å². The molecule has 4 heteroatoms. The van der Waals surface area contributed by atoms with Crippen molar-refractivity contribution in [1.82, 2.24) is 5.32 Å². The first-order chi connectivity index (χ1) is 8.54. The van der Waals surface area contributed by atoms with E-state index in [1.54, 1.807) is 20.0 Å². The number of benzene rings is 1. The van der Waals surface area contributed by atoms with Gasteiger partial charge in [0.05, 0.1) is 17.5 Å². The van der Waals surface area contributed by atoms with Crippen molar-refractivity contribution >= 4 is 11.6 Å². The standard InChI is InChI=1S/C14H16ClFN2/c1-9-6-11(15)10(7-12(9)16)13(18-2)14(8-17)4-3-5-14/h6-7,13,18H,3-5H2,1-2H3. The van der Waals surface area contributed by atoms with E-state index in [-0.39, 0.29) is 11.9 Å². The van der Waals surface area contributed by atoms with E-state index in [1.807, 2.05) is 0 Å². The maximum atomic E-state index is 13.7. The number of rotatable bonds is 3. The number of aryl methyl sites for hydroxylation is 1. The Bertz CT molecular complexity index is 503. The lowest BCUT2D eigenvalue weighted by atomic mass is 9.63. The Kier molecular flexibility index (Phi) is 3.61. The van der Waals surface area contributed by atoms with Crippen LogP contribution in [0.4, 0.5) is 4.39 Å². The van der Waals surface area contributed by atoms with E-state index in [0.29, 0.717) is 16.1 Å². The van der Waals surface area contributed by atoms with Crippen molar-refractivity contribution < 1.29 is 4.39 Å². The van der Waals surface area contributed by atoms with E-state index in [1.165, 1.54) is 6.07 Å². The lowest BCUT2D eigenvalue weighted by molar-refractivity contribution is 0.149. The third-order valence-electron chi connectivity index (χ3n) is 3.90. The summed E-state index contributed by atoms with van der Waals surface area (Å²) in [6.45, 7) is 1.68.